The molecule has 5 rings (SSSR count). The fourth-order valence-electron chi connectivity index (χ4n) is 4.25. The van der Waals surface area contributed by atoms with Gasteiger partial charge in [0.05, 0.1) is 11.4 Å². The second-order valence-corrected chi connectivity index (χ2v) is 10.7. The molecule has 2 aromatic carbocycles. The van der Waals surface area contributed by atoms with Crippen LogP contribution in [0.2, 0.25) is 5.02 Å². The van der Waals surface area contributed by atoms with Gasteiger partial charge in [-0.1, -0.05) is 80.5 Å². The third-order valence-electron chi connectivity index (χ3n) is 5.96. The van der Waals surface area contributed by atoms with Crippen molar-refractivity contribution in [2.45, 2.75) is 51.5 Å². The first-order valence-electron chi connectivity index (χ1n) is 12.4. The topological polar surface area (TPSA) is 127 Å². The van der Waals surface area contributed by atoms with Crippen molar-refractivity contribution in [2.24, 2.45) is 10.1 Å². The van der Waals surface area contributed by atoms with E-state index in [1.54, 1.807) is 0 Å². The normalized spacial score (nSPS) is 14.7. The standard InChI is InChI=1S/C20H20ClN5.C6H12.H3NO3S/c1-25(2)11-10-18-23-24-19-13-22-20(14-6-4-3-5-7-14)16-12-15(21)8-9-17(16)26(18)19;1-2-4-6-5-3-1;1-5(2,3)4/h3-9,12H,10-11,13H2,1-2H3;1-6H2;(H3,1,2,3,4). The van der Waals surface area contributed by atoms with Crippen molar-refractivity contribution in [1.29, 1.82) is 0 Å². The Labute approximate surface area is 224 Å². The highest BCUT2D eigenvalue weighted by Crippen LogP contribution is 2.28. The molecule has 37 heavy (non-hydrogen) atoms. The van der Waals surface area contributed by atoms with E-state index in [9.17, 15) is 0 Å². The number of likely N-dealkylation sites (N-methyl/N-ethyl adjacent to an activating group) is 1. The molecule has 3 aromatic rings. The van der Waals surface area contributed by atoms with Crippen molar-refractivity contribution in [3.05, 3.63) is 76.3 Å². The number of aromatic nitrogens is 3. The molecule has 3 N–H and O–H groups in total. The minimum atomic E-state index is -4.17. The monoisotopic (exact) mass is 546 g/mol. The van der Waals surface area contributed by atoms with Crippen molar-refractivity contribution in [1.82, 2.24) is 19.7 Å². The lowest BCUT2D eigenvalue weighted by Gasteiger charge is -2.15. The Hall–Kier alpha value is -2.63. The van der Waals surface area contributed by atoms with Gasteiger partial charge >= 0.3 is 10.3 Å². The van der Waals surface area contributed by atoms with Crippen LogP contribution in [0.3, 0.4) is 0 Å². The van der Waals surface area contributed by atoms with Crippen LogP contribution in [0.5, 0.6) is 0 Å². The van der Waals surface area contributed by atoms with E-state index >= 15 is 0 Å². The van der Waals surface area contributed by atoms with Crippen LogP contribution in [0.15, 0.2) is 53.5 Å². The van der Waals surface area contributed by atoms with Crippen molar-refractivity contribution >= 4 is 27.6 Å². The van der Waals surface area contributed by atoms with Crippen molar-refractivity contribution in [2.75, 3.05) is 20.6 Å². The summed E-state index contributed by atoms with van der Waals surface area (Å²) in [5.74, 6) is 1.80. The van der Waals surface area contributed by atoms with Crippen LogP contribution >= 0.6 is 11.6 Å². The van der Waals surface area contributed by atoms with Gasteiger partial charge in [-0.2, -0.15) is 8.42 Å². The summed E-state index contributed by atoms with van der Waals surface area (Å²) in [7, 11) is -0.0475. The summed E-state index contributed by atoms with van der Waals surface area (Å²) in [5, 5.41) is 13.4. The average Bonchev–Trinajstić information content (AvgIpc) is 3.19. The molecule has 1 fully saturated rings. The van der Waals surface area contributed by atoms with Gasteiger partial charge < -0.3 is 4.90 Å². The van der Waals surface area contributed by atoms with E-state index in [-0.39, 0.29) is 0 Å². The molecule has 0 unspecified atom stereocenters. The van der Waals surface area contributed by atoms with Gasteiger partial charge in [-0.25, -0.2) is 5.14 Å². The Morgan fingerprint density at radius 3 is 2.16 bits per heavy atom. The molecule has 2 heterocycles. The largest absolute Gasteiger partial charge is 0.330 e. The minimum Gasteiger partial charge on any atom is -0.309 e. The van der Waals surface area contributed by atoms with Crippen LogP contribution in [-0.4, -0.2) is 59.0 Å². The molecule has 1 saturated carbocycles. The van der Waals surface area contributed by atoms with E-state index in [0.717, 1.165) is 47.1 Å². The number of halogens is 1. The Morgan fingerprint density at radius 1 is 1.00 bits per heavy atom. The lowest BCUT2D eigenvalue weighted by Crippen LogP contribution is -2.18. The zero-order valence-electron chi connectivity index (χ0n) is 21.3. The maximum Gasteiger partial charge on any atom is 0.330 e. The molecule has 0 amide bonds. The van der Waals surface area contributed by atoms with Gasteiger partial charge in [0.1, 0.15) is 12.4 Å². The van der Waals surface area contributed by atoms with Gasteiger partial charge in [0.25, 0.3) is 0 Å². The van der Waals surface area contributed by atoms with E-state index in [2.05, 4.69) is 51.0 Å². The number of nitrogens with two attached hydrogens (primary N) is 1. The predicted octanol–water partition coefficient (Wildman–Crippen LogP) is 4.46. The Morgan fingerprint density at radius 2 is 1.59 bits per heavy atom. The van der Waals surface area contributed by atoms with Gasteiger partial charge in [0, 0.05) is 29.1 Å². The van der Waals surface area contributed by atoms with E-state index < -0.39 is 10.3 Å². The number of nitrogens with zero attached hydrogens (tertiary/aromatic N) is 5. The van der Waals surface area contributed by atoms with Gasteiger partial charge in [-0.05, 0) is 32.3 Å². The van der Waals surface area contributed by atoms with Gasteiger partial charge in [0.15, 0.2) is 5.82 Å². The van der Waals surface area contributed by atoms with Crippen LogP contribution in [-0.2, 0) is 23.3 Å². The molecule has 9 nitrogen and oxygen atoms in total. The summed E-state index contributed by atoms with van der Waals surface area (Å²) in [6.45, 7) is 1.40. The van der Waals surface area contributed by atoms with Crippen molar-refractivity contribution in [3.8, 4) is 5.69 Å². The van der Waals surface area contributed by atoms with Gasteiger partial charge in [-0.15, -0.1) is 10.2 Å². The first kappa shape index (κ1) is 28.9. The first-order chi connectivity index (χ1) is 17.6. The molecule has 0 spiro atoms. The highest BCUT2D eigenvalue weighted by atomic mass is 35.5. The minimum absolute atomic E-state index is 0.492. The predicted molar refractivity (Wildman–Crippen MR) is 148 cm³/mol. The van der Waals surface area contributed by atoms with Gasteiger partial charge in [0.2, 0.25) is 0 Å². The Kier molecular flexibility index (Phi) is 10.8. The van der Waals surface area contributed by atoms with Crippen LogP contribution in [0, 0.1) is 0 Å². The quantitative estimate of drug-likeness (QED) is 0.465. The summed E-state index contributed by atoms with van der Waals surface area (Å²) >= 11 is 6.32. The molecular weight excluding hydrogens is 512 g/mol. The lowest BCUT2D eigenvalue weighted by atomic mass is 10.0. The van der Waals surface area contributed by atoms with Gasteiger partial charge in [-0.3, -0.25) is 14.1 Å². The maximum absolute atomic E-state index is 8.97. The second kappa shape index (κ2) is 13.8. The molecule has 0 radical (unpaired) electrons. The molecule has 0 saturated heterocycles. The Bertz CT molecular complexity index is 1270. The zero-order chi connectivity index (χ0) is 26.8. The summed E-state index contributed by atoms with van der Waals surface area (Å²) < 4.78 is 27.3. The van der Waals surface area contributed by atoms with Crippen LogP contribution in [0.25, 0.3) is 5.69 Å². The van der Waals surface area contributed by atoms with Crippen LogP contribution < -0.4 is 5.14 Å². The number of fused-ring (bicyclic) bond motifs is 3. The summed E-state index contributed by atoms with van der Waals surface area (Å²) in [6, 6.07) is 16.1. The first-order valence-corrected chi connectivity index (χ1v) is 14.2. The molecule has 1 aliphatic heterocycles. The van der Waals surface area contributed by atoms with E-state index in [1.165, 1.54) is 38.5 Å². The molecule has 0 bridgehead atoms. The number of rotatable bonds is 4. The SMILES string of the molecule is C1CCCCC1.CN(C)CCc1nnc2n1-c1ccc(Cl)cc1C(c1ccccc1)=NC2.NS(=O)(=O)O. The molecule has 200 valence electrons. The number of aliphatic imine (C=N–C) groups is 1. The second-order valence-electron chi connectivity index (χ2n) is 9.25. The lowest BCUT2D eigenvalue weighted by molar-refractivity contribution is 0.408. The highest BCUT2D eigenvalue weighted by Gasteiger charge is 2.23. The fraction of sp³-hybridized carbons (Fsp3) is 0.423. The summed E-state index contributed by atoms with van der Waals surface area (Å²) in [5.41, 5.74) is 4.05. The van der Waals surface area contributed by atoms with E-state index in [0.29, 0.717) is 11.6 Å². The van der Waals surface area contributed by atoms with Crippen LogP contribution in [0.4, 0.5) is 0 Å². The number of hydrogen-bond acceptors (Lipinski definition) is 6. The molecule has 0 atom stereocenters. The van der Waals surface area contributed by atoms with Crippen molar-refractivity contribution < 1.29 is 13.0 Å². The maximum atomic E-state index is 8.97. The number of hydrogen-bond donors (Lipinski definition) is 2. The average molecular weight is 547 g/mol. The molecule has 2 aliphatic rings. The molecule has 11 heteroatoms. The molecular formula is C26H35ClN6O3S. The van der Waals surface area contributed by atoms with Crippen molar-refractivity contribution in [3.63, 3.8) is 0 Å². The highest BCUT2D eigenvalue weighted by molar-refractivity contribution is 7.83. The van der Waals surface area contributed by atoms with E-state index in [4.69, 9.17) is 29.6 Å². The third-order valence-corrected chi connectivity index (χ3v) is 6.20. The zero-order valence-corrected chi connectivity index (χ0v) is 22.9. The fourth-order valence-corrected chi connectivity index (χ4v) is 4.42. The molecule has 1 aliphatic carbocycles. The smallest absolute Gasteiger partial charge is 0.309 e. The van der Waals surface area contributed by atoms with E-state index in [1.807, 2.05) is 36.4 Å². The third kappa shape index (κ3) is 9.32. The molecule has 1 aromatic heterocycles. The van der Waals surface area contributed by atoms with Crippen LogP contribution in [0.1, 0.15) is 61.3 Å². The summed E-state index contributed by atoms with van der Waals surface area (Å²) in [6.07, 6.45) is 9.82. The Balaban J connectivity index is 0.000000288. The summed E-state index contributed by atoms with van der Waals surface area (Å²) in [4.78, 5) is 7.00. The number of benzene rings is 2.